The Hall–Kier alpha value is -2.88. The van der Waals surface area contributed by atoms with E-state index in [1.807, 2.05) is 6.07 Å². The summed E-state index contributed by atoms with van der Waals surface area (Å²) in [5.74, 6) is -1.49. The molecule has 0 radical (unpaired) electrons. The van der Waals surface area contributed by atoms with E-state index in [2.05, 4.69) is 10.6 Å². The van der Waals surface area contributed by atoms with E-state index in [0.717, 1.165) is 0 Å². The van der Waals surface area contributed by atoms with Crippen LogP contribution in [0.5, 0.6) is 0 Å². The van der Waals surface area contributed by atoms with Crippen LogP contribution in [0.25, 0.3) is 0 Å². The first-order valence-electron chi connectivity index (χ1n) is 6.96. The zero-order valence-corrected chi connectivity index (χ0v) is 13.5. The minimum Gasteiger partial charge on any atom is -0.449 e. The summed E-state index contributed by atoms with van der Waals surface area (Å²) < 4.78 is 4.99. The fourth-order valence-corrected chi connectivity index (χ4v) is 1.58. The van der Waals surface area contributed by atoms with Gasteiger partial charge in [-0.05, 0) is 45.9 Å². The van der Waals surface area contributed by atoms with Gasteiger partial charge in [-0.15, -0.1) is 0 Å². The normalized spacial score (nSPS) is 11.8. The van der Waals surface area contributed by atoms with Crippen LogP contribution in [0, 0.1) is 11.3 Å². The van der Waals surface area contributed by atoms with Crippen molar-refractivity contribution in [2.75, 3.05) is 0 Å². The maximum absolute atomic E-state index is 11.9. The van der Waals surface area contributed by atoms with Gasteiger partial charge in [0.2, 0.25) is 0 Å². The largest absolute Gasteiger partial charge is 0.449 e. The van der Waals surface area contributed by atoms with Crippen molar-refractivity contribution in [3.8, 4) is 6.07 Å². The second kappa shape index (κ2) is 7.40. The highest BCUT2D eigenvalue weighted by Crippen LogP contribution is 2.07. The fraction of sp³-hybridized carbons (Fsp3) is 0.375. The molecule has 23 heavy (non-hydrogen) atoms. The first-order valence-corrected chi connectivity index (χ1v) is 6.96. The standard InChI is InChI=1S/C16H19N3O4/c1-10(13(20)18-15(22)19-16(2,3)4)23-14(21)12-7-5-6-11(8-12)9-17/h5-8,10H,1-4H3,(H2,18,19,20,22)/t10-/m1/s1. The van der Waals surface area contributed by atoms with Crippen LogP contribution in [-0.2, 0) is 9.53 Å². The van der Waals surface area contributed by atoms with Crippen LogP contribution in [0.2, 0.25) is 0 Å². The lowest BCUT2D eigenvalue weighted by Gasteiger charge is -2.21. The fourth-order valence-electron chi connectivity index (χ4n) is 1.58. The van der Waals surface area contributed by atoms with Gasteiger partial charge in [-0.1, -0.05) is 6.07 Å². The number of nitrogens with zero attached hydrogens (tertiary/aromatic N) is 1. The number of urea groups is 1. The second-order valence-electron chi connectivity index (χ2n) is 5.93. The molecule has 0 aliphatic heterocycles. The maximum Gasteiger partial charge on any atom is 0.338 e. The van der Waals surface area contributed by atoms with Crippen LogP contribution in [0.15, 0.2) is 24.3 Å². The Morgan fingerprint density at radius 2 is 1.91 bits per heavy atom. The third kappa shape index (κ3) is 6.18. The van der Waals surface area contributed by atoms with Crippen LogP contribution in [-0.4, -0.2) is 29.6 Å². The molecule has 122 valence electrons. The summed E-state index contributed by atoms with van der Waals surface area (Å²) in [4.78, 5) is 35.4. The van der Waals surface area contributed by atoms with Crippen LogP contribution >= 0.6 is 0 Å². The molecule has 1 atom stereocenters. The molecule has 1 aromatic rings. The van der Waals surface area contributed by atoms with Gasteiger partial charge in [-0.25, -0.2) is 9.59 Å². The molecule has 0 heterocycles. The number of benzene rings is 1. The molecule has 0 bridgehead atoms. The van der Waals surface area contributed by atoms with Gasteiger partial charge in [0.1, 0.15) is 0 Å². The number of ether oxygens (including phenoxy) is 1. The number of esters is 1. The number of hydrogen-bond donors (Lipinski definition) is 2. The third-order valence-electron chi connectivity index (χ3n) is 2.61. The molecule has 1 rings (SSSR count). The number of imide groups is 1. The first kappa shape index (κ1) is 18.2. The van der Waals surface area contributed by atoms with E-state index in [9.17, 15) is 14.4 Å². The Balaban J connectivity index is 2.62. The molecule has 0 saturated carbocycles. The predicted octanol–water partition coefficient (Wildman–Crippen LogP) is 1.73. The molecule has 0 fully saturated rings. The number of carbonyl (C=O) groups is 3. The molecule has 0 saturated heterocycles. The Morgan fingerprint density at radius 1 is 1.26 bits per heavy atom. The lowest BCUT2D eigenvalue weighted by molar-refractivity contribution is -0.127. The van der Waals surface area contributed by atoms with Crippen LogP contribution in [0.1, 0.15) is 43.6 Å². The molecule has 3 amide bonds. The van der Waals surface area contributed by atoms with E-state index in [1.165, 1.54) is 25.1 Å². The van der Waals surface area contributed by atoms with Crippen molar-refractivity contribution in [1.82, 2.24) is 10.6 Å². The summed E-state index contributed by atoms with van der Waals surface area (Å²) >= 11 is 0. The molecule has 2 N–H and O–H groups in total. The van der Waals surface area contributed by atoms with Crippen LogP contribution in [0.3, 0.4) is 0 Å². The predicted molar refractivity (Wildman–Crippen MR) is 82.5 cm³/mol. The van der Waals surface area contributed by atoms with Crippen molar-refractivity contribution in [2.45, 2.75) is 39.3 Å². The smallest absolute Gasteiger partial charge is 0.338 e. The molecule has 0 unspecified atom stereocenters. The van der Waals surface area contributed by atoms with E-state index in [-0.39, 0.29) is 5.56 Å². The summed E-state index contributed by atoms with van der Waals surface area (Å²) in [6, 6.07) is 7.15. The van der Waals surface area contributed by atoms with Crippen LogP contribution < -0.4 is 10.6 Å². The molecular weight excluding hydrogens is 298 g/mol. The highest BCUT2D eigenvalue weighted by atomic mass is 16.5. The average Bonchev–Trinajstić information content (AvgIpc) is 2.45. The minimum absolute atomic E-state index is 0.155. The Morgan fingerprint density at radius 3 is 2.48 bits per heavy atom. The van der Waals surface area contributed by atoms with Gasteiger partial charge in [0.05, 0.1) is 17.2 Å². The molecule has 0 spiro atoms. The van der Waals surface area contributed by atoms with Crippen molar-refractivity contribution in [3.05, 3.63) is 35.4 Å². The third-order valence-corrected chi connectivity index (χ3v) is 2.61. The monoisotopic (exact) mass is 317 g/mol. The van der Waals surface area contributed by atoms with Gasteiger partial charge in [-0.2, -0.15) is 5.26 Å². The van der Waals surface area contributed by atoms with E-state index >= 15 is 0 Å². The summed E-state index contributed by atoms with van der Waals surface area (Å²) in [5.41, 5.74) is -0.0360. The first-order chi connectivity index (χ1) is 10.6. The lowest BCUT2D eigenvalue weighted by atomic mass is 10.1. The van der Waals surface area contributed by atoms with Crippen LogP contribution in [0.4, 0.5) is 4.79 Å². The summed E-state index contributed by atoms with van der Waals surface area (Å²) in [6.07, 6.45) is -1.15. The highest BCUT2D eigenvalue weighted by Gasteiger charge is 2.22. The number of carbonyl (C=O) groups excluding carboxylic acids is 3. The zero-order valence-electron chi connectivity index (χ0n) is 13.5. The van der Waals surface area contributed by atoms with E-state index in [4.69, 9.17) is 10.00 Å². The van der Waals surface area contributed by atoms with Gasteiger partial charge >= 0.3 is 12.0 Å². The molecule has 7 heteroatoms. The van der Waals surface area contributed by atoms with Gasteiger partial charge in [0, 0.05) is 5.54 Å². The summed E-state index contributed by atoms with van der Waals surface area (Å²) in [6.45, 7) is 6.65. The van der Waals surface area contributed by atoms with Crippen molar-refractivity contribution >= 4 is 17.9 Å². The number of nitriles is 1. The quantitative estimate of drug-likeness (QED) is 0.825. The van der Waals surface area contributed by atoms with Gasteiger partial charge in [0.25, 0.3) is 5.91 Å². The van der Waals surface area contributed by atoms with Crippen molar-refractivity contribution < 1.29 is 19.1 Å². The topological polar surface area (TPSA) is 108 Å². The Bertz CT molecular complexity index is 656. The molecule has 0 aliphatic carbocycles. The number of nitrogens with one attached hydrogen (secondary N) is 2. The highest BCUT2D eigenvalue weighted by molar-refractivity contribution is 5.98. The van der Waals surface area contributed by atoms with Gasteiger partial charge in [-0.3, -0.25) is 10.1 Å². The SMILES string of the molecule is C[C@@H](OC(=O)c1cccc(C#N)c1)C(=O)NC(=O)NC(C)(C)C. The van der Waals surface area contributed by atoms with Gasteiger partial charge in [0.15, 0.2) is 6.10 Å². The Kier molecular flexibility index (Phi) is 5.85. The van der Waals surface area contributed by atoms with Crippen molar-refractivity contribution in [3.63, 3.8) is 0 Å². The zero-order chi connectivity index (χ0) is 17.6. The van der Waals surface area contributed by atoms with Crippen molar-refractivity contribution in [1.29, 1.82) is 5.26 Å². The summed E-state index contributed by atoms with van der Waals surface area (Å²) in [5, 5.41) is 13.4. The second-order valence-corrected chi connectivity index (χ2v) is 5.93. The molecule has 1 aromatic carbocycles. The van der Waals surface area contributed by atoms with E-state index < -0.39 is 29.6 Å². The van der Waals surface area contributed by atoms with Gasteiger partial charge < -0.3 is 10.1 Å². The van der Waals surface area contributed by atoms with Crippen molar-refractivity contribution in [2.24, 2.45) is 0 Å². The summed E-state index contributed by atoms with van der Waals surface area (Å²) in [7, 11) is 0. The Labute approximate surface area is 134 Å². The molecule has 0 aromatic heterocycles. The number of hydrogen-bond acceptors (Lipinski definition) is 5. The minimum atomic E-state index is -1.15. The maximum atomic E-state index is 11.9. The number of amides is 3. The molecule has 0 aliphatic rings. The van der Waals surface area contributed by atoms with E-state index in [0.29, 0.717) is 5.56 Å². The number of rotatable bonds is 3. The molecular formula is C16H19N3O4. The van der Waals surface area contributed by atoms with E-state index in [1.54, 1.807) is 26.8 Å². The average molecular weight is 317 g/mol. The molecule has 7 nitrogen and oxygen atoms in total. The lowest BCUT2D eigenvalue weighted by Crippen LogP contribution is -2.50.